The van der Waals surface area contributed by atoms with Crippen molar-refractivity contribution in [3.63, 3.8) is 0 Å². The van der Waals surface area contributed by atoms with Crippen LogP contribution in [0.1, 0.15) is 5.56 Å². The largest absolute Gasteiger partial charge is 0.493 e. The number of aliphatic hydroxyl groups is 1. The molecule has 10 heteroatoms. The fourth-order valence-electron chi connectivity index (χ4n) is 3.76. The summed E-state index contributed by atoms with van der Waals surface area (Å²) >= 11 is 0. The quantitative estimate of drug-likeness (QED) is 0.411. The number of benzene rings is 2. The molecule has 0 fully saturated rings. The first-order valence-electron chi connectivity index (χ1n) is 10.4. The first-order chi connectivity index (χ1) is 16.5. The summed E-state index contributed by atoms with van der Waals surface area (Å²) in [5.41, 5.74) is 1.88. The number of methoxy groups -OCH3 is 3. The van der Waals surface area contributed by atoms with Crippen molar-refractivity contribution in [3.05, 3.63) is 70.8 Å². The fourth-order valence-corrected chi connectivity index (χ4v) is 3.76. The van der Waals surface area contributed by atoms with Crippen LogP contribution in [0.15, 0.2) is 59.7 Å². The van der Waals surface area contributed by atoms with E-state index in [0.717, 1.165) is 5.56 Å². The van der Waals surface area contributed by atoms with Crippen molar-refractivity contribution < 1.29 is 24.1 Å². The molecule has 4 aromatic rings. The molecule has 0 atom stereocenters. The average Bonchev–Trinajstić information content (AvgIpc) is 3.25. The summed E-state index contributed by atoms with van der Waals surface area (Å²) in [5, 5.41) is 17.2. The number of hydrogen-bond donors (Lipinski definition) is 2. The number of aliphatic hydroxyl groups excluding tert-OH is 1. The molecule has 4 rings (SSSR count). The predicted octanol–water partition coefficient (Wildman–Crippen LogP) is 2.32. The van der Waals surface area contributed by atoms with Crippen molar-refractivity contribution in [3.8, 4) is 28.5 Å². The minimum Gasteiger partial charge on any atom is -0.493 e. The van der Waals surface area contributed by atoms with Crippen LogP contribution in [0.4, 0.5) is 5.69 Å². The second kappa shape index (κ2) is 9.67. The van der Waals surface area contributed by atoms with E-state index in [1.54, 1.807) is 18.3 Å². The minimum absolute atomic E-state index is 0.212. The molecule has 0 saturated heterocycles. The van der Waals surface area contributed by atoms with E-state index in [0.29, 0.717) is 34.2 Å². The molecule has 1 amide bonds. The Morgan fingerprint density at radius 2 is 1.71 bits per heavy atom. The molecule has 2 heterocycles. The van der Waals surface area contributed by atoms with Gasteiger partial charge in [0.1, 0.15) is 12.1 Å². The highest BCUT2D eigenvalue weighted by Crippen LogP contribution is 2.39. The number of carbonyl (C=O) groups excluding carboxylic acids is 1. The third-order valence-corrected chi connectivity index (χ3v) is 5.33. The van der Waals surface area contributed by atoms with Crippen LogP contribution < -0.4 is 25.1 Å². The molecule has 2 N–H and O–H groups in total. The first-order valence-corrected chi connectivity index (χ1v) is 10.4. The van der Waals surface area contributed by atoms with Crippen molar-refractivity contribution >= 4 is 17.1 Å². The van der Waals surface area contributed by atoms with Crippen LogP contribution in [-0.4, -0.2) is 46.5 Å². The smallest absolute Gasteiger partial charge is 0.277 e. The molecule has 34 heavy (non-hydrogen) atoms. The maximum atomic E-state index is 13.2. The van der Waals surface area contributed by atoms with Crippen molar-refractivity contribution in [1.82, 2.24) is 14.2 Å². The van der Waals surface area contributed by atoms with E-state index in [2.05, 4.69) is 10.4 Å². The van der Waals surface area contributed by atoms with Crippen molar-refractivity contribution in [2.45, 2.75) is 13.2 Å². The van der Waals surface area contributed by atoms with Crippen LogP contribution in [0, 0.1) is 0 Å². The van der Waals surface area contributed by atoms with E-state index in [1.807, 2.05) is 30.3 Å². The van der Waals surface area contributed by atoms with Gasteiger partial charge in [-0.05, 0) is 0 Å². The summed E-state index contributed by atoms with van der Waals surface area (Å²) in [4.78, 5) is 25.9. The number of aromatic nitrogens is 3. The molecule has 176 valence electrons. The van der Waals surface area contributed by atoms with E-state index in [9.17, 15) is 14.7 Å². The Morgan fingerprint density at radius 1 is 1.03 bits per heavy atom. The Morgan fingerprint density at radius 3 is 2.29 bits per heavy atom. The summed E-state index contributed by atoms with van der Waals surface area (Å²) < 4.78 is 18.6. The molecule has 0 unspecified atom stereocenters. The van der Waals surface area contributed by atoms with Gasteiger partial charge in [0, 0.05) is 41.3 Å². The zero-order valence-corrected chi connectivity index (χ0v) is 18.9. The number of hydrogen-bond acceptors (Lipinski definition) is 7. The number of anilines is 1. The summed E-state index contributed by atoms with van der Waals surface area (Å²) in [6.45, 7) is -0.618. The zero-order chi connectivity index (χ0) is 24.2. The van der Waals surface area contributed by atoms with E-state index in [1.165, 1.54) is 36.6 Å². The highest BCUT2D eigenvalue weighted by molar-refractivity contribution is 5.91. The van der Waals surface area contributed by atoms with Gasteiger partial charge in [0.2, 0.25) is 11.7 Å². The Bertz CT molecular complexity index is 1370. The van der Waals surface area contributed by atoms with Gasteiger partial charge in [-0.3, -0.25) is 9.59 Å². The van der Waals surface area contributed by atoms with Crippen molar-refractivity contribution in [2.24, 2.45) is 0 Å². The van der Waals surface area contributed by atoms with Gasteiger partial charge < -0.3 is 29.2 Å². The number of nitrogens with zero attached hydrogens (tertiary/aromatic N) is 3. The molecule has 0 spiro atoms. The maximum Gasteiger partial charge on any atom is 0.277 e. The van der Waals surface area contributed by atoms with Crippen molar-refractivity contribution in [2.75, 3.05) is 26.6 Å². The topological polar surface area (TPSA) is 116 Å². The molecule has 0 aliphatic heterocycles. The van der Waals surface area contributed by atoms with E-state index in [-0.39, 0.29) is 18.7 Å². The average molecular weight is 464 g/mol. The number of rotatable bonds is 8. The second-order valence-electron chi connectivity index (χ2n) is 7.34. The van der Waals surface area contributed by atoms with Gasteiger partial charge in [-0.15, -0.1) is 0 Å². The van der Waals surface area contributed by atoms with Crippen LogP contribution in [0.5, 0.6) is 17.2 Å². The number of carbonyl (C=O) groups is 1. The van der Waals surface area contributed by atoms with Crippen LogP contribution in [0.25, 0.3) is 16.8 Å². The van der Waals surface area contributed by atoms with Crippen LogP contribution >= 0.6 is 0 Å². The summed E-state index contributed by atoms with van der Waals surface area (Å²) in [7, 11) is 4.44. The fraction of sp³-hybridized carbons (Fsp3) is 0.208. The molecule has 0 saturated carbocycles. The van der Waals surface area contributed by atoms with E-state index < -0.39 is 11.5 Å². The lowest BCUT2D eigenvalue weighted by molar-refractivity contribution is -0.116. The van der Waals surface area contributed by atoms with Gasteiger partial charge in [-0.25, -0.2) is 4.52 Å². The molecule has 2 aromatic heterocycles. The molecule has 0 bridgehead atoms. The molecule has 0 aliphatic rings. The number of amides is 1. The Balaban J connectivity index is 1.65. The molecule has 0 aliphatic carbocycles. The van der Waals surface area contributed by atoms with Gasteiger partial charge in [-0.2, -0.15) is 5.10 Å². The number of nitrogens with one attached hydrogen (secondary N) is 1. The highest BCUT2D eigenvalue weighted by atomic mass is 16.5. The van der Waals surface area contributed by atoms with Crippen LogP contribution in [0.3, 0.4) is 0 Å². The lowest BCUT2D eigenvalue weighted by Crippen LogP contribution is -2.28. The standard InChI is InChI=1S/C24H24N4O6/c1-32-18-11-16(12-19(33-2)23(18)34-3)25-20(30)13-27-9-10-28-22(24(27)31)17(14-29)21(26-28)15-7-5-4-6-8-15/h4-12,29H,13-14H2,1-3H3,(H,25,30). The Labute approximate surface area is 194 Å². The van der Waals surface area contributed by atoms with Crippen molar-refractivity contribution in [1.29, 1.82) is 0 Å². The van der Waals surface area contributed by atoms with Gasteiger partial charge >= 0.3 is 0 Å². The zero-order valence-electron chi connectivity index (χ0n) is 18.9. The third kappa shape index (κ3) is 4.18. The Kier molecular flexibility index (Phi) is 6.51. The van der Waals surface area contributed by atoms with Crippen LogP contribution in [-0.2, 0) is 17.9 Å². The van der Waals surface area contributed by atoms with Crippen LogP contribution in [0.2, 0.25) is 0 Å². The van der Waals surface area contributed by atoms with E-state index >= 15 is 0 Å². The summed E-state index contributed by atoms with van der Waals surface area (Å²) in [5.74, 6) is 0.734. The number of fused-ring (bicyclic) bond motifs is 1. The van der Waals surface area contributed by atoms with Gasteiger partial charge in [0.15, 0.2) is 11.5 Å². The predicted molar refractivity (Wildman–Crippen MR) is 126 cm³/mol. The monoisotopic (exact) mass is 464 g/mol. The molecule has 0 radical (unpaired) electrons. The molecule has 2 aromatic carbocycles. The summed E-state index contributed by atoms with van der Waals surface area (Å²) in [6.07, 6.45) is 3.06. The SMILES string of the molecule is COc1cc(NC(=O)Cn2ccn3nc(-c4ccccc4)c(CO)c3c2=O)cc(OC)c1OC. The lowest BCUT2D eigenvalue weighted by atomic mass is 10.1. The molecular formula is C24H24N4O6. The van der Waals surface area contributed by atoms with E-state index in [4.69, 9.17) is 14.2 Å². The third-order valence-electron chi connectivity index (χ3n) is 5.33. The van der Waals surface area contributed by atoms with Gasteiger partial charge in [0.25, 0.3) is 5.56 Å². The first kappa shape index (κ1) is 22.9. The summed E-state index contributed by atoms with van der Waals surface area (Å²) in [6, 6.07) is 12.5. The lowest BCUT2D eigenvalue weighted by Gasteiger charge is -2.15. The second-order valence-corrected chi connectivity index (χ2v) is 7.34. The Hall–Kier alpha value is -4.31. The maximum absolute atomic E-state index is 13.2. The van der Waals surface area contributed by atoms with Gasteiger partial charge in [0.05, 0.1) is 33.6 Å². The number of ether oxygens (including phenoxy) is 3. The normalized spacial score (nSPS) is 10.8. The minimum atomic E-state index is -0.443. The highest BCUT2D eigenvalue weighted by Gasteiger charge is 2.19. The molecular weight excluding hydrogens is 440 g/mol. The molecule has 10 nitrogen and oxygen atoms in total. The van der Waals surface area contributed by atoms with Gasteiger partial charge in [-0.1, -0.05) is 30.3 Å².